The van der Waals surface area contributed by atoms with Crippen molar-refractivity contribution in [1.29, 1.82) is 0 Å². The normalized spacial score (nSPS) is 10.3. The highest BCUT2D eigenvalue weighted by molar-refractivity contribution is 6.01. The van der Waals surface area contributed by atoms with Crippen molar-refractivity contribution in [2.75, 3.05) is 34.8 Å². The molecule has 0 bridgehead atoms. The van der Waals surface area contributed by atoms with Gasteiger partial charge in [0.2, 0.25) is 11.8 Å². The monoisotopic (exact) mass is 357 g/mol. The first-order valence-electron chi connectivity index (χ1n) is 8.63. The third kappa shape index (κ3) is 5.05. The average Bonchev–Trinajstić information content (AvgIpc) is 2.63. The van der Waals surface area contributed by atoms with Gasteiger partial charge < -0.3 is 15.1 Å². The molecule has 2 rings (SSSR count). The van der Waals surface area contributed by atoms with E-state index in [9.17, 15) is 14.0 Å². The minimum atomic E-state index is -0.373. The van der Waals surface area contributed by atoms with Crippen LogP contribution in [0.2, 0.25) is 0 Å². The minimum absolute atomic E-state index is 0.114. The van der Waals surface area contributed by atoms with Crippen molar-refractivity contribution in [3.8, 4) is 0 Å². The Kier molecular flexibility index (Phi) is 6.72. The van der Waals surface area contributed by atoms with Gasteiger partial charge in [0.25, 0.3) is 0 Å². The molecule has 5 nitrogen and oxygen atoms in total. The number of hydrogen-bond donors (Lipinski definition) is 1. The van der Waals surface area contributed by atoms with Crippen molar-refractivity contribution in [3.05, 3.63) is 54.3 Å². The van der Waals surface area contributed by atoms with Gasteiger partial charge in [0.15, 0.2) is 0 Å². The Hall–Kier alpha value is -2.89. The zero-order valence-electron chi connectivity index (χ0n) is 15.3. The third-order valence-corrected chi connectivity index (χ3v) is 4.10. The number of halogens is 1. The lowest BCUT2D eigenvalue weighted by atomic mass is 10.2. The number of carbonyl (C=O) groups is 2. The lowest BCUT2D eigenvalue weighted by Gasteiger charge is -2.24. The Morgan fingerprint density at radius 3 is 1.96 bits per heavy atom. The van der Waals surface area contributed by atoms with Crippen LogP contribution in [-0.4, -0.2) is 31.4 Å². The first kappa shape index (κ1) is 19.4. The maximum Gasteiger partial charge on any atom is 0.244 e. The molecule has 0 aliphatic carbocycles. The fourth-order valence-corrected chi connectivity index (χ4v) is 2.69. The van der Waals surface area contributed by atoms with E-state index in [2.05, 4.69) is 24.1 Å². The van der Waals surface area contributed by atoms with Crippen molar-refractivity contribution in [2.45, 2.75) is 20.8 Å². The summed E-state index contributed by atoms with van der Waals surface area (Å²) < 4.78 is 12.9. The average molecular weight is 357 g/mol. The predicted octanol–water partition coefficient (Wildman–Crippen LogP) is 3.66. The molecule has 0 aromatic heterocycles. The van der Waals surface area contributed by atoms with Crippen LogP contribution in [0, 0.1) is 5.82 Å². The van der Waals surface area contributed by atoms with Gasteiger partial charge in [-0.15, -0.1) is 0 Å². The predicted molar refractivity (Wildman–Crippen MR) is 103 cm³/mol. The van der Waals surface area contributed by atoms with E-state index in [1.54, 1.807) is 0 Å². The van der Waals surface area contributed by atoms with Crippen molar-refractivity contribution in [3.63, 3.8) is 0 Å². The summed E-state index contributed by atoms with van der Waals surface area (Å²) in [7, 11) is 0. The second-order valence-electron chi connectivity index (χ2n) is 5.85. The van der Waals surface area contributed by atoms with E-state index in [0.29, 0.717) is 11.4 Å². The van der Waals surface area contributed by atoms with Gasteiger partial charge in [0.1, 0.15) is 12.4 Å². The Bertz CT molecular complexity index is 741. The summed E-state index contributed by atoms with van der Waals surface area (Å²) in [5.74, 6) is -0.948. The number of hydrogen-bond acceptors (Lipinski definition) is 3. The molecule has 6 heteroatoms. The van der Waals surface area contributed by atoms with Gasteiger partial charge in [-0.2, -0.15) is 0 Å². The number of anilines is 3. The quantitative estimate of drug-likeness (QED) is 0.823. The van der Waals surface area contributed by atoms with Gasteiger partial charge in [-0.05, 0) is 62.4 Å². The maximum atomic E-state index is 12.9. The molecule has 0 saturated carbocycles. The Labute approximate surface area is 153 Å². The molecule has 0 unspecified atom stereocenters. The highest BCUT2D eigenvalue weighted by Crippen LogP contribution is 2.21. The molecule has 0 aliphatic rings. The molecule has 0 atom stereocenters. The Morgan fingerprint density at radius 1 is 0.923 bits per heavy atom. The molecule has 2 aromatic carbocycles. The fourth-order valence-electron chi connectivity index (χ4n) is 2.69. The number of nitrogens with zero attached hydrogens (tertiary/aromatic N) is 2. The van der Waals surface area contributed by atoms with Gasteiger partial charge in [-0.25, -0.2) is 4.39 Å². The molecule has 2 aromatic rings. The van der Waals surface area contributed by atoms with Crippen LogP contribution in [0.15, 0.2) is 48.5 Å². The molecule has 0 heterocycles. The molecular formula is C20H24FN3O2. The molecule has 0 radical (unpaired) electrons. The van der Waals surface area contributed by atoms with Crippen LogP contribution in [0.1, 0.15) is 20.8 Å². The highest BCUT2D eigenvalue weighted by Gasteiger charge is 2.16. The molecule has 1 N–H and O–H groups in total. The SMILES string of the molecule is CCN(CC)c1ccc(N(CC(=O)Nc2ccc(F)cc2)C(C)=O)cc1. The Balaban J connectivity index is 2.09. The summed E-state index contributed by atoms with van der Waals surface area (Å²) in [6, 6.07) is 13.0. The standard InChI is InChI=1S/C20H24FN3O2/c1-4-23(5-2)18-10-12-19(13-11-18)24(15(3)25)14-20(26)22-17-8-6-16(21)7-9-17/h6-13H,4-5,14H2,1-3H3,(H,22,26). The summed E-state index contributed by atoms with van der Waals surface area (Å²) >= 11 is 0. The van der Waals surface area contributed by atoms with E-state index in [0.717, 1.165) is 18.8 Å². The van der Waals surface area contributed by atoms with Crippen LogP contribution >= 0.6 is 0 Å². The topological polar surface area (TPSA) is 52.6 Å². The zero-order chi connectivity index (χ0) is 19.1. The molecule has 0 saturated heterocycles. The lowest BCUT2D eigenvalue weighted by Crippen LogP contribution is -2.36. The van der Waals surface area contributed by atoms with Crippen molar-refractivity contribution < 1.29 is 14.0 Å². The van der Waals surface area contributed by atoms with E-state index in [4.69, 9.17) is 0 Å². The van der Waals surface area contributed by atoms with Gasteiger partial charge in [0.05, 0.1) is 0 Å². The van der Waals surface area contributed by atoms with E-state index in [-0.39, 0.29) is 24.2 Å². The number of amides is 2. The molecule has 0 aliphatic heterocycles. The summed E-state index contributed by atoms with van der Waals surface area (Å²) in [5.41, 5.74) is 2.21. The molecule has 0 spiro atoms. The second kappa shape index (κ2) is 8.99. The summed E-state index contributed by atoms with van der Waals surface area (Å²) in [6.07, 6.45) is 0. The van der Waals surface area contributed by atoms with E-state index >= 15 is 0 Å². The lowest BCUT2D eigenvalue weighted by molar-refractivity contribution is -0.120. The van der Waals surface area contributed by atoms with Crippen LogP contribution in [0.25, 0.3) is 0 Å². The van der Waals surface area contributed by atoms with Crippen LogP contribution in [0.3, 0.4) is 0 Å². The molecule has 138 valence electrons. The van der Waals surface area contributed by atoms with E-state index < -0.39 is 0 Å². The van der Waals surface area contributed by atoms with Gasteiger partial charge in [-0.3, -0.25) is 9.59 Å². The van der Waals surface area contributed by atoms with Crippen LogP contribution in [-0.2, 0) is 9.59 Å². The minimum Gasteiger partial charge on any atom is -0.372 e. The zero-order valence-corrected chi connectivity index (χ0v) is 15.3. The molecule has 2 amide bonds. The van der Waals surface area contributed by atoms with Crippen LogP contribution in [0.4, 0.5) is 21.5 Å². The van der Waals surface area contributed by atoms with Gasteiger partial charge in [0, 0.05) is 37.1 Å². The summed E-state index contributed by atoms with van der Waals surface area (Å²) in [5, 5.41) is 2.66. The van der Waals surface area contributed by atoms with Crippen LogP contribution in [0.5, 0.6) is 0 Å². The van der Waals surface area contributed by atoms with Gasteiger partial charge in [-0.1, -0.05) is 0 Å². The maximum absolute atomic E-state index is 12.9. The summed E-state index contributed by atoms with van der Waals surface area (Å²) in [6.45, 7) is 7.26. The van der Waals surface area contributed by atoms with Crippen molar-refractivity contribution >= 4 is 28.9 Å². The molecule has 0 fully saturated rings. The number of carbonyl (C=O) groups excluding carboxylic acids is 2. The molecular weight excluding hydrogens is 333 g/mol. The second-order valence-corrected chi connectivity index (χ2v) is 5.85. The number of nitrogens with one attached hydrogen (secondary N) is 1. The van der Waals surface area contributed by atoms with Crippen molar-refractivity contribution in [1.82, 2.24) is 0 Å². The molecule has 26 heavy (non-hydrogen) atoms. The largest absolute Gasteiger partial charge is 0.372 e. The fraction of sp³-hybridized carbons (Fsp3) is 0.300. The van der Waals surface area contributed by atoms with Crippen molar-refractivity contribution in [2.24, 2.45) is 0 Å². The van der Waals surface area contributed by atoms with Gasteiger partial charge >= 0.3 is 0 Å². The number of benzene rings is 2. The first-order chi connectivity index (χ1) is 12.4. The first-order valence-corrected chi connectivity index (χ1v) is 8.63. The third-order valence-electron chi connectivity index (χ3n) is 4.10. The van der Waals surface area contributed by atoms with E-state index in [1.807, 2.05) is 24.3 Å². The highest BCUT2D eigenvalue weighted by atomic mass is 19.1. The smallest absolute Gasteiger partial charge is 0.244 e. The number of rotatable bonds is 7. The van der Waals surface area contributed by atoms with E-state index in [1.165, 1.54) is 36.1 Å². The van der Waals surface area contributed by atoms with Crippen LogP contribution < -0.4 is 15.1 Å². The Morgan fingerprint density at radius 2 is 1.46 bits per heavy atom. The summed E-state index contributed by atoms with van der Waals surface area (Å²) in [4.78, 5) is 27.8.